The maximum absolute atomic E-state index is 6.43. The van der Waals surface area contributed by atoms with Crippen LogP contribution in [0.15, 0.2) is 18.2 Å². The summed E-state index contributed by atoms with van der Waals surface area (Å²) in [5.74, 6) is 0.923. The summed E-state index contributed by atoms with van der Waals surface area (Å²) in [5.41, 5.74) is 2.66. The van der Waals surface area contributed by atoms with E-state index in [0.29, 0.717) is 6.04 Å². The first-order valence-corrected chi connectivity index (χ1v) is 7.23. The lowest BCUT2D eigenvalue weighted by Crippen LogP contribution is -2.55. The highest BCUT2D eigenvalue weighted by molar-refractivity contribution is 5.40. The number of hydrogen-bond donors (Lipinski definition) is 1. The first-order chi connectivity index (χ1) is 9.15. The van der Waals surface area contributed by atoms with Crippen LogP contribution in [0.3, 0.4) is 0 Å². The lowest BCUT2D eigenvalue weighted by Gasteiger charge is -2.46. The second kappa shape index (κ2) is 4.80. The van der Waals surface area contributed by atoms with Gasteiger partial charge < -0.3 is 14.8 Å². The molecule has 0 aromatic heterocycles. The first-order valence-electron chi connectivity index (χ1n) is 7.23. The highest BCUT2D eigenvalue weighted by atomic mass is 16.5. The SMILES string of the molecule is CCC1(C)CNC2CCc3ccc(OC)cc3C2O1. The van der Waals surface area contributed by atoms with Crippen LogP contribution in [0.5, 0.6) is 5.75 Å². The summed E-state index contributed by atoms with van der Waals surface area (Å²) in [7, 11) is 1.72. The largest absolute Gasteiger partial charge is 0.497 e. The molecule has 19 heavy (non-hydrogen) atoms. The van der Waals surface area contributed by atoms with Crippen molar-refractivity contribution in [2.24, 2.45) is 0 Å². The summed E-state index contributed by atoms with van der Waals surface area (Å²) in [6, 6.07) is 6.83. The van der Waals surface area contributed by atoms with E-state index in [4.69, 9.17) is 9.47 Å². The topological polar surface area (TPSA) is 30.5 Å². The number of morpholine rings is 1. The first kappa shape index (κ1) is 12.9. The van der Waals surface area contributed by atoms with E-state index in [0.717, 1.165) is 31.6 Å². The molecule has 0 amide bonds. The number of ether oxygens (including phenoxy) is 2. The summed E-state index contributed by atoms with van der Waals surface area (Å²) in [5, 5.41) is 3.68. The summed E-state index contributed by atoms with van der Waals surface area (Å²) < 4.78 is 11.8. The molecule has 0 bridgehead atoms. The van der Waals surface area contributed by atoms with Gasteiger partial charge in [0.2, 0.25) is 0 Å². The van der Waals surface area contributed by atoms with Gasteiger partial charge in [0, 0.05) is 12.6 Å². The van der Waals surface area contributed by atoms with Crippen molar-refractivity contribution in [3.05, 3.63) is 29.3 Å². The highest BCUT2D eigenvalue weighted by Crippen LogP contribution is 2.40. The molecule has 1 aromatic carbocycles. The van der Waals surface area contributed by atoms with Crippen molar-refractivity contribution in [3.63, 3.8) is 0 Å². The summed E-state index contributed by atoms with van der Waals surface area (Å²) in [6.07, 6.45) is 3.48. The number of benzene rings is 1. The molecule has 0 spiro atoms. The van der Waals surface area contributed by atoms with Crippen molar-refractivity contribution in [1.82, 2.24) is 5.32 Å². The second-order valence-corrected chi connectivity index (χ2v) is 5.93. The van der Waals surface area contributed by atoms with Gasteiger partial charge in [-0.2, -0.15) is 0 Å². The second-order valence-electron chi connectivity index (χ2n) is 5.93. The zero-order valence-corrected chi connectivity index (χ0v) is 12.0. The molecule has 1 fully saturated rings. The number of hydrogen-bond acceptors (Lipinski definition) is 3. The van der Waals surface area contributed by atoms with E-state index >= 15 is 0 Å². The quantitative estimate of drug-likeness (QED) is 0.888. The molecule has 0 saturated carbocycles. The van der Waals surface area contributed by atoms with Gasteiger partial charge in [-0.1, -0.05) is 13.0 Å². The van der Waals surface area contributed by atoms with Crippen molar-refractivity contribution in [2.45, 2.75) is 50.9 Å². The number of nitrogens with one attached hydrogen (secondary N) is 1. The minimum Gasteiger partial charge on any atom is -0.497 e. The molecule has 3 heteroatoms. The van der Waals surface area contributed by atoms with Crippen LogP contribution in [0.2, 0.25) is 0 Å². The lowest BCUT2D eigenvalue weighted by atomic mass is 9.83. The Balaban J connectivity index is 1.95. The third kappa shape index (κ3) is 2.26. The monoisotopic (exact) mass is 261 g/mol. The van der Waals surface area contributed by atoms with Gasteiger partial charge in [0.15, 0.2) is 0 Å². The molecule has 3 atom stereocenters. The van der Waals surface area contributed by atoms with Gasteiger partial charge in [-0.05, 0) is 49.4 Å². The zero-order valence-electron chi connectivity index (χ0n) is 12.0. The number of methoxy groups -OCH3 is 1. The Morgan fingerprint density at radius 3 is 3.05 bits per heavy atom. The predicted molar refractivity (Wildman–Crippen MR) is 75.6 cm³/mol. The van der Waals surface area contributed by atoms with E-state index in [2.05, 4.69) is 37.4 Å². The van der Waals surface area contributed by atoms with Crippen LogP contribution < -0.4 is 10.1 Å². The molecule has 104 valence electrons. The fourth-order valence-electron chi connectivity index (χ4n) is 3.13. The molecule has 2 aliphatic rings. The van der Waals surface area contributed by atoms with Gasteiger partial charge in [-0.3, -0.25) is 0 Å². The average molecular weight is 261 g/mol. The van der Waals surface area contributed by atoms with E-state index in [-0.39, 0.29) is 11.7 Å². The van der Waals surface area contributed by atoms with E-state index in [1.807, 2.05) is 0 Å². The predicted octanol–water partition coefficient (Wildman–Crippen LogP) is 2.84. The molecule has 1 heterocycles. The molecule has 3 rings (SSSR count). The molecule has 1 saturated heterocycles. The summed E-state index contributed by atoms with van der Waals surface area (Å²) in [4.78, 5) is 0. The Kier molecular flexibility index (Phi) is 3.27. The van der Waals surface area contributed by atoms with Gasteiger partial charge in [0.05, 0.1) is 18.8 Å². The molecular formula is C16H23NO2. The molecule has 1 aliphatic heterocycles. The molecular weight excluding hydrogens is 238 g/mol. The molecule has 1 aliphatic carbocycles. The van der Waals surface area contributed by atoms with E-state index in [1.54, 1.807) is 7.11 Å². The Hall–Kier alpha value is -1.06. The minimum atomic E-state index is -0.0567. The van der Waals surface area contributed by atoms with Crippen LogP contribution in [0.4, 0.5) is 0 Å². The molecule has 1 N–H and O–H groups in total. The molecule has 3 nitrogen and oxygen atoms in total. The molecule has 0 radical (unpaired) electrons. The van der Waals surface area contributed by atoms with Crippen molar-refractivity contribution in [3.8, 4) is 5.75 Å². The van der Waals surface area contributed by atoms with Crippen molar-refractivity contribution in [2.75, 3.05) is 13.7 Å². The third-order valence-corrected chi connectivity index (χ3v) is 4.65. The van der Waals surface area contributed by atoms with Crippen molar-refractivity contribution < 1.29 is 9.47 Å². The van der Waals surface area contributed by atoms with E-state index in [1.165, 1.54) is 11.1 Å². The van der Waals surface area contributed by atoms with Gasteiger partial charge in [0.1, 0.15) is 5.75 Å². The number of fused-ring (bicyclic) bond motifs is 3. The zero-order chi connectivity index (χ0) is 13.5. The Labute approximate surface area is 115 Å². The summed E-state index contributed by atoms with van der Waals surface area (Å²) >= 11 is 0. The highest BCUT2D eigenvalue weighted by Gasteiger charge is 2.40. The van der Waals surface area contributed by atoms with Gasteiger partial charge >= 0.3 is 0 Å². The van der Waals surface area contributed by atoms with Gasteiger partial charge in [-0.15, -0.1) is 0 Å². The van der Waals surface area contributed by atoms with E-state index in [9.17, 15) is 0 Å². The fraction of sp³-hybridized carbons (Fsp3) is 0.625. The average Bonchev–Trinajstić information content (AvgIpc) is 2.46. The van der Waals surface area contributed by atoms with Crippen LogP contribution in [-0.4, -0.2) is 25.3 Å². The van der Waals surface area contributed by atoms with Gasteiger partial charge in [0.25, 0.3) is 0 Å². The smallest absolute Gasteiger partial charge is 0.119 e. The van der Waals surface area contributed by atoms with Crippen LogP contribution in [-0.2, 0) is 11.2 Å². The maximum atomic E-state index is 6.43. The lowest BCUT2D eigenvalue weighted by molar-refractivity contribution is -0.133. The van der Waals surface area contributed by atoms with E-state index < -0.39 is 0 Å². The van der Waals surface area contributed by atoms with Crippen molar-refractivity contribution in [1.29, 1.82) is 0 Å². The standard InChI is InChI=1S/C16H23NO2/c1-4-16(2)10-17-14-8-6-11-5-7-12(18-3)9-13(11)15(14)19-16/h5,7,9,14-15,17H,4,6,8,10H2,1-3H3. The number of aryl methyl sites for hydroxylation is 1. The van der Waals surface area contributed by atoms with Crippen molar-refractivity contribution >= 4 is 0 Å². The Morgan fingerprint density at radius 1 is 1.47 bits per heavy atom. The van der Waals surface area contributed by atoms with Crippen LogP contribution in [0.1, 0.15) is 43.9 Å². The van der Waals surface area contributed by atoms with Crippen LogP contribution in [0.25, 0.3) is 0 Å². The normalized spacial score (nSPS) is 33.4. The minimum absolute atomic E-state index is 0.0567. The maximum Gasteiger partial charge on any atom is 0.119 e. The van der Waals surface area contributed by atoms with Gasteiger partial charge in [-0.25, -0.2) is 0 Å². The molecule has 3 unspecified atom stereocenters. The number of rotatable bonds is 2. The van der Waals surface area contributed by atoms with Crippen LogP contribution >= 0.6 is 0 Å². The fourth-order valence-corrected chi connectivity index (χ4v) is 3.13. The summed E-state index contributed by atoms with van der Waals surface area (Å²) in [6.45, 7) is 5.34. The molecule has 1 aromatic rings. The Morgan fingerprint density at radius 2 is 2.32 bits per heavy atom. The Bertz CT molecular complexity index is 474. The van der Waals surface area contributed by atoms with Crippen LogP contribution in [0, 0.1) is 0 Å². The third-order valence-electron chi connectivity index (χ3n) is 4.65.